The van der Waals surface area contributed by atoms with Gasteiger partial charge in [-0.15, -0.1) is 0 Å². The Morgan fingerprint density at radius 3 is 2.48 bits per heavy atom. The van der Waals surface area contributed by atoms with Crippen molar-refractivity contribution in [2.45, 2.75) is 31.7 Å². The molecule has 0 fully saturated rings. The molecule has 3 N–H and O–H groups in total. The zero-order valence-electron chi connectivity index (χ0n) is 14.6. The average molecular weight is 409 g/mol. The van der Waals surface area contributed by atoms with Gasteiger partial charge in [0.05, 0.1) is 12.6 Å². The van der Waals surface area contributed by atoms with Crippen LogP contribution >= 0.6 is 15.9 Å². The lowest BCUT2D eigenvalue weighted by atomic mass is 9.99. The molecule has 0 aromatic heterocycles. The molecule has 3 nitrogen and oxygen atoms in total. The van der Waals surface area contributed by atoms with Gasteiger partial charge in [0.1, 0.15) is 11.6 Å². The first-order valence-electron chi connectivity index (χ1n) is 8.69. The van der Waals surface area contributed by atoms with Gasteiger partial charge in [0.2, 0.25) is 0 Å². The second-order valence-electron chi connectivity index (χ2n) is 6.08. The summed E-state index contributed by atoms with van der Waals surface area (Å²) < 4.78 is 21.0. The summed E-state index contributed by atoms with van der Waals surface area (Å²) in [5.74, 6) is 0.224. The molecule has 2 aromatic carbocycles. The monoisotopic (exact) mass is 408 g/mol. The lowest BCUT2D eigenvalue weighted by molar-refractivity contribution is 0.303. The minimum absolute atomic E-state index is 0.332. The summed E-state index contributed by atoms with van der Waals surface area (Å²) in [7, 11) is 1.96. The fraction of sp³-hybridized carbons (Fsp3) is 0.400. The predicted molar refractivity (Wildman–Crippen MR) is 104 cm³/mol. The summed E-state index contributed by atoms with van der Waals surface area (Å²) in [6.07, 6.45) is 4.45. The van der Waals surface area contributed by atoms with Crippen molar-refractivity contribution in [3.05, 3.63) is 63.9 Å². The van der Waals surface area contributed by atoms with Crippen LogP contribution in [0.4, 0.5) is 4.39 Å². The molecule has 0 aliphatic carbocycles. The fourth-order valence-corrected chi connectivity index (χ4v) is 2.91. The molecule has 136 valence electrons. The Balaban J connectivity index is 1.86. The van der Waals surface area contributed by atoms with E-state index in [9.17, 15) is 4.39 Å². The number of benzene rings is 2. The third kappa shape index (κ3) is 6.42. The summed E-state index contributed by atoms with van der Waals surface area (Å²) >= 11 is 3.39. The van der Waals surface area contributed by atoms with Gasteiger partial charge >= 0.3 is 0 Å². The number of halogens is 2. The number of hydrogen-bond donors (Lipinski definition) is 2. The van der Waals surface area contributed by atoms with Crippen LogP contribution in [0, 0.1) is 5.82 Å². The topological polar surface area (TPSA) is 47.3 Å². The highest BCUT2D eigenvalue weighted by atomic mass is 79.9. The molecule has 0 bridgehead atoms. The smallest absolute Gasteiger partial charge is 0.132 e. The van der Waals surface area contributed by atoms with Gasteiger partial charge in [-0.25, -0.2) is 4.39 Å². The van der Waals surface area contributed by atoms with Crippen molar-refractivity contribution in [1.29, 1.82) is 0 Å². The minimum atomic E-state index is -0.491. The van der Waals surface area contributed by atoms with E-state index < -0.39 is 6.04 Å². The van der Waals surface area contributed by atoms with Crippen LogP contribution in [0.1, 0.15) is 42.9 Å². The molecule has 1 atom stereocenters. The van der Waals surface area contributed by atoms with E-state index in [1.807, 2.05) is 31.3 Å². The van der Waals surface area contributed by atoms with Crippen LogP contribution in [-0.4, -0.2) is 20.2 Å². The normalized spacial score (nSPS) is 12.2. The van der Waals surface area contributed by atoms with Crippen molar-refractivity contribution >= 4 is 15.9 Å². The number of nitrogens with one attached hydrogen (secondary N) is 1. The predicted octanol–water partition coefficient (Wildman–Crippen LogP) is 4.79. The standard InChI is InChI=1S/C20H26BrFN2O/c1-24-12-4-2-3-5-13-25-17-10-11-18(19(22)14-17)20(23)15-6-8-16(21)9-7-15/h6-11,14,20,24H,2-5,12-13,23H2,1H3. The SMILES string of the molecule is CNCCCCCCOc1ccc(C(N)c2ccc(Br)cc2)c(F)c1. The first kappa shape index (κ1) is 19.9. The quantitative estimate of drug-likeness (QED) is 0.555. The van der Waals surface area contributed by atoms with Crippen molar-refractivity contribution in [2.75, 3.05) is 20.2 Å². The fourth-order valence-electron chi connectivity index (χ4n) is 2.65. The van der Waals surface area contributed by atoms with Gasteiger partial charge in [0, 0.05) is 16.1 Å². The maximum Gasteiger partial charge on any atom is 0.132 e. The highest BCUT2D eigenvalue weighted by molar-refractivity contribution is 9.10. The average Bonchev–Trinajstić information content (AvgIpc) is 2.61. The highest BCUT2D eigenvalue weighted by Crippen LogP contribution is 2.26. The number of rotatable bonds is 10. The van der Waals surface area contributed by atoms with Crippen LogP contribution in [-0.2, 0) is 0 Å². The Bertz CT molecular complexity index is 649. The van der Waals surface area contributed by atoms with E-state index in [1.165, 1.54) is 18.9 Å². The second-order valence-corrected chi connectivity index (χ2v) is 6.99. The molecule has 2 rings (SSSR count). The number of ether oxygens (including phenoxy) is 1. The van der Waals surface area contributed by atoms with Gasteiger partial charge in [-0.2, -0.15) is 0 Å². The summed E-state index contributed by atoms with van der Waals surface area (Å²) in [4.78, 5) is 0. The van der Waals surface area contributed by atoms with Gasteiger partial charge < -0.3 is 15.8 Å². The zero-order chi connectivity index (χ0) is 18.1. The van der Waals surface area contributed by atoms with E-state index >= 15 is 0 Å². The molecular weight excluding hydrogens is 383 g/mol. The summed E-state index contributed by atoms with van der Waals surface area (Å²) in [6, 6.07) is 12.0. The van der Waals surface area contributed by atoms with Gasteiger partial charge in [-0.1, -0.05) is 47.0 Å². The minimum Gasteiger partial charge on any atom is -0.493 e. The van der Waals surface area contributed by atoms with Crippen molar-refractivity contribution in [1.82, 2.24) is 5.32 Å². The van der Waals surface area contributed by atoms with Crippen molar-refractivity contribution in [3.63, 3.8) is 0 Å². The largest absolute Gasteiger partial charge is 0.493 e. The van der Waals surface area contributed by atoms with Gasteiger partial charge in [0.15, 0.2) is 0 Å². The molecule has 0 saturated carbocycles. The Morgan fingerprint density at radius 1 is 1.08 bits per heavy atom. The maximum atomic E-state index is 14.4. The Morgan fingerprint density at radius 2 is 1.80 bits per heavy atom. The maximum absolute atomic E-state index is 14.4. The molecule has 2 aromatic rings. The molecule has 0 amide bonds. The van der Waals surface area contributed by atoms with Crippen LogP contribution in [0.3, 0.4) is 0 Å². The van der Waals surface area contributed by atoms with E-state index in [2.05, 4.69) is 21.2 Å². The second kappa shape index (κ2) is 10.5. The highest BCUT2D eigenvalue weighted by Gasteiger charge is 2.14. The van der Waals surface area contributed by atoms with E-state index in [0.717, 1.165) is 29.4 Å². The van der Waals surface area contributed by atoms with Crippen LogP contribution in [0.2, 0.25) is 0 Å². The van der Waals surface area contributed by atoms with Crippen molar-refractivity contribution < 1.29 is 9.13 Å². The zero-order valence-corrected chi connectivity index (χ0v) is 16.2. The Kier molecular flexibility index (Phi) is 8.38. The van der Waals surface area contributed by atoms with Crippen LogP contribution in [0.5, 0.6) is 5.75 Å². The molecule has 0 radical (unpaired) electrons. The van der Waals surface area contributed by atoms with Gasteiger partial charge in [-0.3, -0.25) is 0 Å². The molecule has 0 spiro atoms. The number of nitrogens with two attached hydrogens (primary N) is 1. The number of hydrogen-bond acceptors (Lipinski definition) is 3. The van der Waals surface area contributed by atoms with Crippen LogP contribution < -0.4 is 15.8 Å². The first-order valence-corrected chi connectivity index (χ1v) is 9.49. The molecule has 0 aliphatic heterocycles. The van der Waals surface area contributed by atoms with Crippen molar-refractivity contribution in [3.8, 4) is 5.75 Å². The van der Waals surface area contributed by atoms with Crippen LogP contribution in [0.15, 0.2) is 46.9 Å². The third-order valence-electron chi connectivity index (χ3n) is 4.13. The van der Waals surface area contributed by atoms with E-state index in [0.29, 0.717) is 17.9 Å². The third-order valence-corrected chi connectivity index (χ3v) is 4.65. The van der Waals surface area contributed by atoms with E-state index in [-0.39, 0.29) is 5.82 Å². The molecule has 1 unspecified atom stereocenters. The Hall–Kier alpha value is -1.43. The van der Waals surface area contributed by atoms with Gasteiger partial charge in [-0.05, 0) is 50.2 Å². The van der Waals surface area contributed by atoms with Gasteiger partial charge in [0.25, 0.3) is 0 Å². The lowest BCUT2D eigenvalue weighted by Gasteiger charge is -2.15. The Labute approximate surface area is 157 Å². The van der Waals surface area contributed by atoms with E-state index in [4.69, 9.17) is 10.5 Å². The number of unbranched alkanes of at least 4 members (excludes halogenated alkanes) is 3. The molecule has 0 heterocycles. The molecule has 5 heteroatoms. The molecule has 0 aliphatic rings. The summed E-state index contributed by atoms with van der Waals surface area (Å²) in [5.41, 5.74) is 7.54. The summed E-state index contributed by atoms with van der Waals surface area (Å²) in [6.45, 7) is 1.66. The van der Waals surface area contributed by atoms with E-state index in [1.54, 1.807) is 12.1 Å². The molecule has 25 heavy (non-hydrogen) atoms. The lowest BCUT2D eigenvalue weighted by Crippen LogP contribution is -2.13. The first-order chi connectivity index (χ1) is 12.1. The van der Waals surface area contributed by atoms with Crippen molar-refractivity contribution in [2.24, 2.45) is 5.73 Å². The van der Waals surface area contributed by atoms with Crippen LogP contribution in [0.25, 0.3) is 0 Å². The molecular formula is C20H26BrFN2O. The molecule has 0 saturated heterocycles. The summed E-state index contributed by atoms with van der Waals surface area (Å²) in [5, 5.41) is 3.13.